The molecule has 0 heterocycles. The van der Waals surface area contributed by atoms with E-state index >= 15 is 0 Å². The Morgan fingerprint density at radius 1 is 0.571 bits per heavy atom. The lowest BCUT2D eigenvalue weighted by molar-refractivity contribution is 0.199. The van der Waals surface area contributed by atoms with Crippen LogP contribution in [0, 0.1) is 0 Å². The van der Waals surface area contributed by atoms with Crippen molar-refractivity contribution >= 4 is 8.40 Å². The summed E-state index contributed by atoms with van der Waals surface area (Å²) in [6.07, 6.45) is 2.61. The molecular formula is C18H42N2Si. The molecule has 0 aromatic heterocycles. The first-order valence-electron chi connectivity index (χ1n) is 9.22. The minimum atomic E-state index is -1.64. The van der Waals surface area contributed by atoms with Crippen LogP contribution in [-0.2, 0) is 0 Å². The fourth-order valence-corrected chi connectivity index (χ4v) is 11.7. The Kier molecular flexibility index (Phi) is 9.38. The molecule has 0 radical (unpaired) electrons. The van der Waals surface area contributed by atoms with Gasteiger partial charge in [0.1, 0.15) is 0 Å². The molecule has 0 saturated heterocycles. The molecule has 0 spiro atoms. The first-order chi connectivity index (χ1) is 9.65. The predicted molar refractivity (Wildman–Crippen MR) is 100 cm³/mol. The number of nitrogens with zero attached hydrogens (tertiary/aromatic N) is 2. The second kappa shape index (κ2) is 9.31. The molecule has 0 saturated carbocycles. The fourth-order valence-electron chi connectivity index (χ4n) is 4.69. The van der Waals surface area contributed by atoms with Gasteiger partial charge >= 0.3 is 0 Å². The van der Waals surface area contributed by atoms with Crippen molar-refractivity contribution in [3.63, 3.8) is 0 Å². The Labute approximate surface area is 136 Å². The van der Waals surface area contributed by atoms with Crippen molar-refractivity contribution in [3.05, 3.63) is 0 Å². The van der Waals surface area contributed by atoms with Gasteiger partial charge in [-0.2, -0.15) is 0 Å². The highest BCUT2D eigenvalue weighted by Crippen LogP contribution is 2.34. The zero-order valence-corrected chi connectivity index (χ0v) is 17.5. The number of hydrogen-bond acceptors (Lipinski definition) is 2. The third-order valence-electron chi connectivity index (χ3n) is 4.49. The second-order valence-corrected chi connectivity index (χ2v) is 11.7. The van der Waals surface area contributed by atoms with Crippen molar-refractivity contribution in [2.75, 3.05) is 0 Å². The Balaban J connectivity index is 6.02. The van der Waals surface area contributed by atoms with E-state index in [1.807, 2.05) is 0 Å². The van der Waals surface area contributed by atoms with E-state index in [9.17, 15) is 0 Å². The Morgan fingerprint density at radius 3 is 0.952 bits per heavy atom. The highest BCUT2D eigenvalue weighted by Gasteiger charge is 2.48. The lowest BCUT2D eigenvalue weighted by Crippen LogP contribution is -2.71. The molecule has 0 aromatic carbocycles. The standard InChI is InChI=1S/C18H42N2Si/c1-11-13-21(14-12-2,19(15(3)4)16(5)6)20(17(7)8)18(9)10/h15-18H,11-14H2,1-10H3. The van der Waals surface area contributed by atoms with E-state index in [4.69, 9.17) is 0 Å². The van der Waals surface area contributed by atoms with Crippen LogP contribution in [0.1, 0.15) is 82.1 Å². The lowest BCUT2D eigenvalue weighted by atomic mass is 10.3. The zero-order valence-electron chi connectivity index (χ0n) is 16.5. The monoisotopic (exact) mass is 314 g/mol. The van der Waals surface area contributed by atoms with Gasteiger partial charge in [-0.25, -0.2) is 0 Å². The molecule has 0 aliphatic carbocycles. The molecule has 0 aliphatic heterocycles. The first-order valence-corrected chi connectivity index (χ1v) is 11.5. The zero-order chi connectivity index (χ0) is 16.8. The van der Waals surface area contributed by atoms with E-state index in [1.165, 1.54) is 24.9 Å². The van der Waals surface area contributed by atoms with Gasteiger partial charge in [0, 0.05) is 0 Å². The van der Waals surface area contributed by atoms with Crippen LogP contribution in [-0.4, -0.2) is 41.7 Å². The van der Waals surface area contributed by atoms with Gasteiger partial charge in [0.05, 0.1) is 0 Å². The summed E-state index contributed by atoms with van der Waals surface area (Å²) in [5, 5.41) is 0. The van der Waals surface area contributed by atoms with Crippen molar-refractivity contribution < 1.29 is 0 Å². The Hall–Kier alpha value is 0.137. The summed E-state index contributed by atoms with van der Waals surface area (Å²) >= 11 is 0. The van der Waals surface area contributed by atoms with Gasteiger partial charge in [-0.1, -0.05) is 82.1 Å². The van der Waals surface area contributed by atoms with Crippen LogP contribution in [0.3, 0.4) is 0 Å². The van der Waals surface area contributed by atoms with Gasteiger partial charge in [0.2, 0.25) is 8.40 Å². The quantitative estimate of drug-likeness (QED) is 0.492. The summed E-state index contributed by atoms with van der Waals surface area (Å²) in [6, 6.07) is 5.33. The summed E-state index contributed by atoms with van der Waals surface area (Å²) < 4.78 is 5.83. The molecular weight excluding hydrogens is 272 g/mol. The van der Waals surface area contributed by atoms with Gasteiger partial charge in [0.15, 0.2) is 0 Å². The SMILES string of the molecule is CCC[Si](CCC)(N(C(C)C)C(C)C)N(C(C)C)C(C)C. The molecule has 0 bridgehead atoms. The number of hydrogen-bond donors (Lipinski definition) is 0. The van der Waals surface area contributed by atoms with Crippen molar-refractivity contribution in [2.45, 2.75) is 118 Å². The summed E-state index contributed by atoms with van der Waals surface area (Å²) in [4.78, 5) is 0. The molecule has 0 N–H and O–H groups in total. The maximum absolute atomic E-state index is 2.92. The molecule has 0 aromatic rings. The van der Waals surface area contributed by atoms with E-state index in [-0.39, 0.29) is 0 Å². The molecule has 0 atom stereocenters. The van der Waals surface area contributed by atoms with Gasteiger partial charge in [-0.05, 0) is 36.3 Å². The minimum Gasteiger partial charge on any atom is -0.307 e. The summed E-state index contributed by atoms with van der Waals surface area (Å²) in [7, 11) is -1.64. The summed E-state index contributed by atoms with van der Waals surface area (Å²) in [5.41, 5.74) is 0. The molecule has 0 aliphatic rings. The van der Waals surface area contributed by atoms with Crippen molar-refractivity contribution in [1.29, 1.82) is 0 Å². The smallest absolute Gasteiger partial charge is 0.207 e. The van der Waals surface area contributed by atoms with Crippen LogP contribution in [0.5, 0.6) is 0 Å². The molecule has 21 heavy (non-hydrogen) atoms. The van der Waals surface area contributed by atoms with Gasteiger partial charge in [-0.15, -0.1) is 0 Å². The molecule has 0 fully saturated rings. The maximum atomic E-state index is 2.92. The molecule has 3 heteroatoms. The van der Waals surface area contributed by atoms with Gasteiger partial charge < -0.3 is 9.13 Å². The van der Waals surface area contributed by atoms with Crippen molar-refractivity contribution in [2.24, 2.45) is 0 Å². The fraction of sp³-hybridized carbons (Fsp3) is 1.00. The van der Waals surface area contributed by atoms with Crippen LogP contribution >= 0.6 is 0 Å². The maximum Gasteiger partial charge on any atom is 0.207 e. The van der Waals surface area contributed by atoms with Crippen molar-refractivity contribution in [3.8, 4) is 0 Å². The second-order valence-electron chi connectivity index (χ2n) is 7.67. The third kappa shape index (κ3) is 5.07. The topological polar surface area (TPSA) is 6.48 Å². The van der Waals surface area contributed by atoms with Gasteiger partial charge in [0.25, 0.3) is 0 Å². The van der Waals surface area contributed by atoms with Crippen molar-refractivity contribution in [1.82, 2.24) is 9.13 Å². The molecule has 0 rings (SSSR count). The van der Waals surface area contributed by atoms with E-state index in [0.717, 1.165) is 0 Å². The highest BCUT2D eigenvalue weighted by molar-refractivity contribution is 6.74. The Bertz CT molecular complexity index is 230. The molecule has 128 valence electrons. The largest absolute Gasteiger partial charge is 0.307 e. The van der Waals surface area contributed by atoms with Crippen LogP contribution in [0.2, 0.25) is 12.1 Å². The average molecular weight is 315 g/mol. The third-order valence-corrected chi connectivity index (χ3v) is 11.1. The molecule has 2 nitrogen and oxygen atoms in total. The average Bonchev–Trinajstić information content (AvgIpc) is 2.26. The Morgan fingerprint density at radius 2 is 0.810 bits per heavy atom. The van der Waals surface area contributed by atoms with E-state index < -0.39 is 8.40 Å². The molecule has 0 amide bonds. The van der Waals surface area contributed by atoms with E-state index in [1.54, 1.807) is 0 Å². The van der Waals surface area contributed by atoms with Crippen LogP contribution in [0.4, 0.5) is 0 Å². The van der Waals surface area contributed by atoms with Crippen LogP contribution in [0.25, 0.3) is 0 Å². The highest BCUT2D eigenvalue weighted by atomic mass is 28.3. The van der Waals surface area contributed by atoms with Gasteiger partial charge in [-0.3, -0.25) is 0 Å². The normalized spacial score (nSPS) is 13.7. The first kappa shape index (κ1) is 21.1. The number of rotatable bonds is 10. The predicted octanol–water partition coefficient (Wildman–Crippen LogP) is 5.49. The lowest BCUT2D eigenvalue weighted by Gasteiger charge is -2.56. The summed E-state index contributed by atoms with van der Waals surface area (Å²) in [5.74, 6) is 0. The van der Waals surface area contributed by atoms with E-state index in [2.05, 4.69) is 78.4 Å². The molecule has 0 unspecified atom stereocenters. The summed E-state index contributed by atoms with van der Waals surface area (Å²) in [6.45, 7) is 23.9. The minimum absolute atomic E-state index is 0.634. The van der Waals surface area contributed by atoms with Crippen LogP contribution in [0.15, 0.2) is 0 Å². The van der Waals surface area contributed by atoms with E-state index in [0.29, 0.717) is 24.2 Å². The van der Waals surface area contributed by atoms with Crippen LogP contribution < -0.4 is 0 Å².